The van der Waals surface area contributed by atoms with Gasteiger partial charge in [0.1, 0.15) is 11.5 Å². The predicted octanol–water partition coefficient (Wildman–Crippen LogP) is 7.49. The number of esters is 1. The molecule has 0 aliphatic carbocycles. The van der Waals surface area contributed by atoms with Crippen LogP contribution in [0.25, 0.3) is 16.8 Å². The molecular weight excluding hydrogens is 586 g/mol. The number of para-hydroxylation sites is 1. The summed E-state index contributed by atoms with van der Waals surface area (Å²) < 4.78 is 17.9. The molecule has 2 aliphatic heterocycles. The highest BCUT2D eigenvalue weighted by atomic mass is 16.5. The second kappa shape index (κ2) is 12.2. The maximum absolute atomic E-state index is 13.2. The molecule has 2 aliphatic rings. The maximum Gasteiger partial charge on any atom is 0.338 e. The number of fused-ring (bicyclic) bond motifs is 3. The Bertz CT molecular complexity index is 2040. The molecule has 1 saturated heterocycles. The second-order valence-corrected chi connectivity index (χ2v) is 11.8. The fraction of sp³-hybridized carbons (Fsp3) is 0.200. The number of carbonyl (C=O) groups excluding carboxylic acids is 1. The molecule has 1 atom stereocenters. The van der Waals surface area contributed by atoms with Gasteiger partial charge in [0.05, 0.1) is 31.4 Å². The van der Waals surface area contributed by atoms with Gasteiger partial charge in [-0.1, -0.05) is 48.5 Å². The summed E-state index contributed by atoms with van der Waals surface area (Å²) in [5.74, 6) is 0.987. The minimum atomic E-state index is -0.999. The van der Waals surface area contributed by atoms with Crippen LogP contribution in [0.15, 0.2) is 103 Å². The Hall–Kier alpha value is -5.74. The number of hydrogen-bond acceptors (Lipinski definition) is 7. The Kier molecular flexibility index (Phi) is 7.79. The normalized spacial score (nSPS) is 17.1. The van der Waals surface area contributed by atoms with Gasteiger partial charge in [0.15, 0.2) is 5.60 Å². The number of benzene rings is 5. The van der Waals surface area contributed by atoms with Gasteiger partial charge in [0, 0.05) is 59.6 Å². The van der Waals surface area contributed by atoms with Crippen LogP contribution in [0.3, 0.4) is 0 Å². The molecule has 5 aromatic carbocycles. The molecule has 1 fully saturated rings. The Morgan fingerprint density at radius 2 is 1.55 bits per heavy atom. The van der Waals surface area contributed by atoms with Gasteiger partial charge in [-0.15, -0.1) is 0 Å². The van der Waals surface area contributed by atoms with Gasteiger partial charge in [-0.05, 0) is 78.6 Å². The van der Waals surface area contributed by atoms with E-state index < -0.39 is 11.6 Å². The monoisotopic (exact) mass is 621 g/mol. The molecule has 0 amide bonds. The molecule has 7 nitrogen and oxygen atoms in total. The van der Waals surface area contributed by atoms with Crippen molar-refractivity contribution in [2.24, 2.45) is 0 Å². The summed E-state index contributed by atoms with van der Waals surface area (Å²) >= 11 is 0. The van der Waals surface area contributed by atoms with Crippen LogP contribution in [-0.2, 0) is 10.3 Å². The number of rotatable bonds is 6. The van der Waals surface area contributed by atoms with Crippen molar-refractivity contribution < 1.29 is 19.0 Å². The predicted molar refractivity (Wildman–Crippen MR) is 185 cm³/mol. The van der Waals surface area contributed by atoms with Crippen molar-refractivity contribution in [2.45, 2.75) is 12.5 Å². The lowest BCUT2D eigenvalue weighted by atomic mass is 9.81. The van der Waals surface area contributed by atoms with Crippen molar-refractivity contribution in [3.8, 4) is 17.6 Å². The van der Waals surface area contributed by atoms with Crippen LogP contribution in [-0.4, -0.2) is 46.4 Å². The van der Waals surface area contributed by atoms with Crippen molar-refractivity contribution in [1.82, 2.24) is 0 Å². The van der Waals surface area contributed by atoms with Crippen LogP contribution < -0.4 is 19.3 Å². The fourth-order valence-electron chi connectivity index (χ4n) is 6.95. The van der Waals surface area contributed by atoms with Crippen LogP contribution >= 0.6 is 0 Å². The van der Waals surface area contributed by atoms with E-state index in [0.29, 0.717) is 22.4 Å². The molecule has 2 heterocycles. The van der Waals surface area contributed by atoms with Crippen molar-refractivity contribution in [2.75, 3.05) is 50.2 Å². The third kappa shape index (κ3) is 5.12. The van der Waals surface area contributed by atoms with Crippen LogP contribution in [0.1, 0.15) is 38.2 Å². The molecule has 0 aromatic heterocycles. The lowest BCUT2D eigenvalue weighted by Gasteiger charge is -2.42. The van der Waals surface area contributed by atoms with Gasteiger partial charge in [0.2, 0.25) is 0 Å². The molecule has 0 saturated carbocycles. The number of ether oxygens (including phenoxy) is 3. The van der Waals surface area contributed by atoms with E-state index in [1.165, 1.54) is 12.8 Å². The topological polar surface area (TPSA) is 75.0 Å². The van der Waals surface area contributed by atoms with Gasteiger partial charge in [-0.2, -0.15) is 5.26 Å². The van der Waals surface area contributed by atoms with E-state index in [0.717, 1.165) is 65.1 Å². The van der Waals surface area contributed by atoms with Gasteiger partial charge < -0.3 is 24.0 Å². The minimum Gasteiger partial charge on any atom is -0.497 e. The average molecular weight is 622 g/mol. The van der Waals surface area contributed by atoms with Gasteiger partial charge in [-0.3, -0.25) is 0 Å². The highest BCUT2D eigenvalue weighted by molar-refractivity contribution is 6.07. The van der Waals surface area contributed by atoms with E-state index in [4.69, 9.17) is 14.2 Å². The number of carbonyl (C=O) groups is 1. The van der Waals surface area contributed by atoms with Crippen molar-refractivity contribution in [3.63, 3.8) is 0 Å². The molecule has 7 rings (SSSR count). The zero-order valence-electron chi connectivity index (χ0n) is 26.7. The second-order valence-electron chi connectivity index (χ2n) is 11.8. The summed E-state index contributed by atoms with van der Waals surface area (Å²) in [6.45, 7) is 5.29. The van der Waals surface area contributed by atoms with E-state index in [-0.39, 0.29) is 0 Å². The number of aryl methyl sites for hydroxylation is 1. The molecule has 0 bridgehead atoms. The first kappa shape index (κ1) is 29.9. The molecule has 0 spiro atoms. The SMILES string of the molecule is COC(=O)c1c2c(c3ccc(C#N)cc3c1C)OC(c1ccccc1)(c1ccccc1N1CCN(c3ccc(OC)cc3)CC1)C=C2. The molecule has 0 N–H and O–H groups in total. The number of nitrogens with zero attached hydrogens (tertiary/aromatic N) is 3. The molecular formula is C40H35N3O4. The Labute approximate surface area is 274 Å². The molecule has 5 aromatic rings. The van der Waals surface area contributed by atoms with Crippen LogP contribution in [0, 0.1) is 18.3 Å². The summed E-state index contributed by atoms with van der Waals surface area (Å²) in [5, 5.41) is 11.3. The molecule has 1 unspecified atom stereocenters. The van der Waals surface area contributed by atoms with Crippen LogP contribution in [0.2, 0.25) is 0 Å². The van der Waals surface area contributed by atoms with E-state index in [9.17, 15) is 10.1 Å². The summed E-state index contributed by atoms with van der Waals surface area (Å²) in [6.07, 6.45) is 4.07. The maximum atomic E-state index is 13.2. The number of methoxy groups -OCH3 is 2. The zero-order chi connectivity index (χ0) is 32.5. The highest BCUT2D eigenvalue weighted by Gasteiger charge is 2.41. The Morgan fingerprint density at radius 3 is 2.26 bits per heavy atom. The van der Waals surface area contributed by atoms with Crippen LogP contribution in [0.5, 0.6) is 11.5 Å². The van der Waals surface area contributed by atoms with Crippen molar-refractivity contribution >= 4 is 34.2 Å². The highest BCUT2D eigenvalue weighted by Crippen LogP contribution is 2.49. The minimum absolute atomic E-state index is 0.436. The smallest absolute Gasteiger partial charge is 0.338 e. The number of hydrogen-bond donors (Lipinski definition) is 0. The summed E-state index contributed by atoms with van der Waals surface area (Å²) in [6, 6.07) is 34.6. The Morgan fingerprint density at radius 1 is 0.851 bits per heavy atom. The van der Waals surface area contributed by atoms with Gasteiger partial charge in [0.25, 0.3) is 0 Å². The summed E-state index contributed by atoms with van der Waals surface area (Å²) in [5.41, 5.74) is 5.61. The number of nitriles is 1. The fourth-order valence-corrected chi connectivity index (χ4v) is 6.95. The molecule has 234 valence electrons. The number of piperazine rings is 1. The van der Waals surface area contributed by atoms with E-state index in [2.05, 4.69) is 70.5 Å². The third-order valence-electron chi connectivity index (χ3n) is 9.39. The van der Waals surface area contributed by atoms with Gasteiger partial charge in [-0.25, -0.2) is 4.79 Å². The largest absolute Gasteiger partial charge is 0.497 e. The van der Waals surface area contributed by atoms with E-state index in [1.807, 2.05) is 55.5 Å². The van der Waals surface area contributed by atoms with Crippen LogP contribution in [0.4, 0.5) is 11.4 Å². The summed E-state index contributed by atoms with van der Waals surface area (Å²) in [7, 11) is 3.07. The molecule has 47 heavy (non-hydrogen) atoms. The van der Waals surface area contributed by atoms with E-state index >= 15 is 0 Å². The first-order valence-electron chi connectivity index (χ1n) is 15.7. The lowest BCUT2D eigenvalue weighted by molar-refractivity contribution is 0.0598. The average Bonchev–Trinajstić information content (AvgIpc) is 3.15. The first-order chi connectivity index (χ1) is 23.0. The summed E-state index contributed by atoms with van der Waals surface area (Å²) in [4.78, 5) is 18.1. The van der Waals surface area contributed by atoms with E-state index in [1.54, 1.807) is 13.2 Å². The number of anilines is 2. The first-order valence-corrected chi connectivity index (χ1v) is 15.7. The molecule has 0 radical (unpaired) electrons. The standard InChI is InChI=1S/C40H35N3O4/c1-27-34-25-28(26-41)13-18-32(34)38-33(37(27)39(44)46-3)19-20-40(47-38,29-9-5-4-6-10-29)35-11-7-8-12-36(35)43-23-21-42(22-24-43)30-14-16-31(45-2)17-15-30/h4-20,25H,21-24H2,1-3H3. The zero-order valence-corrected chi connectivity index (χ0v) is 26.7. The Balaban J connectivity index is 1.35. The molecule has 7 heteroatoms. The quantitative estimate of drug-likeness (QED) is 0.182. The van der Waals surface area contributed by atoms with Crippen molar-refractivity contribution in [3.05, 3.63) is 137 Å². The van der Waals surface area contributed by atoms with Crippen molar-refractivity contribution in [1.29, 1.82) is 5.26 Å². The lowest BCUT2D eigenvalue weighted by Crippen LogP contribution is -2.47. The third-order valence-corrected chi connectivity index (χ3v) is 9.39. The van der Waals surface area contributed by atoms with Gasteiger partial charge >= 0.3 is 5.97 Å².